The van der Waals surface area contributed by atoms with Gasteiger partial charge in [-0.3, -0.25) is 0 Å². The number of benzene rings is 1. The molecule has 19 heavy (non-hydrogen) atoms. The van der Waals surface area contributed by atoms with Crippen LogP contribution in [-0.4, -0.2) is 25.3 Å². The van der Waals surface area contributed by atoms with E-state index in [1.54, 1.807) is 0 Å². The van der Waals surface area contributed by atoms with Gasteiger partial charge in [-0.05, 0) is 43.7 Å². The average molecular weight is 260 g/mol. The molecule has 1 aromatic rings. The molecule has 3 rings (SSSR count). The Morgan fingerprint density at radius 2 is 2.16 bits per heavy atom. The third-order valence-corrected chi connectivity index (χ3v) is 4.46. The SMILES string of the molecule is CC1(NCc2cccc3c2NCCC3)CCOCC1. The highest BCUT2D eigenvalue weighted by molar-refractivity contribution is 5.59. The molecule has 1 saturated heterocycles. The molecule has 0 spiro atoms. The van der Waals surface area contributed by atoms with E-state index in [0.29, 0.717) is 0 Å². The topological polar surface area (TPSA) is 33.3 Å². The molecule has 0 aliphatic carbocycles. The third kappa shape index (κ3) is 2.93. The highest BCUT2D eigenvalue weighted by Gasteiger charge is 2.26. The van der Waals surface area contributed by atoms with E-state index in [1.807, 2.05) is 0 Å². The lowest BCUT2D eigenvalue weighted by Crippen LogP contribution is -2.46. The molecule has 3 heteroatoms. The predicted molar refractivity (Wildman–Crippen MR) is 78.6 cm³/mol. The van der Waals surface area contributed by atoms with Crippen molar-refractivity contribution >= 4 is 5.69 Å². The number of aryl methyl sites for hydroxylation is 1. The normalized spacial score (nSPS) is 21.5. The Morgan fingerprint density at radius 1 is 1.32 bits per heavy atom. The number of fused-ring (bicyclic) bond motifs is 1. The lowest BCUT2D eigenvalue weighted by atomic mass is 9.91. The maximum atomic E-state index is 5.46. The number of anilines is 1. The van der Waals surface area contributed by atoms with Crippen molar-refractivity contribution in [3.05, 3.63) is 29.3 Å². The molecule has 0 atom stereocenters. The first kappa shape index (κ1) is 12.9. The van der Waals surface area contributed by atoms with Crippen LogP contribution in [0.5, 0.6) is 0 Å². The second-order valence-corrected chi connectivity index (χ2v) is 6.01. The standard InChI is InChI=1S/C16H24N2O/c1-16(7-10-19-11-8-16)18-12-14-5-2-4-13-6-3-9-17-15(13)14/h2,4-5,17-18H,3,6-12H2,1H3. The lowest BCUT2D eigenvalue weighted by molar-refractivity contribution is 0.0446. The molecule has 0 amide bonds. The van der Waals surface area contributed by atoms with Gasteiger partial charge in [0.25, 0.3) is 0 Å². The van der Waals surface area contributed by atoms with E-state index >= 15 is 0 Å². The van der Waals surface area contributed by atoms with Crippen molar-refractivity contribution in [1.29, 1.82) is 0 Å². The minimum Gasteiger partial charge on any atom is -0.385 e. The van der Waals surface area contributed by atoms with Gasteiger partial charge in [-0.2, -0.15) is 0 Å². The molecule has 2 aliphatic heterocycles. The fraction of sp³-hybridized carbons (Fsp3) is 0.625. The van der Waals surface area contributed by atoms with Gasteiger partial charge in [0.05, 0.1) is 0 Å². The van der Waals surface area contributed by atoms with Crippen LogP contribution < -0.4 is 10.6 Å². The summed E-state index contributed by atoms with van der Waals surface area (Å²) in [5.41, 5.74) is 4.49. The third-order valence-electron chi connectivity index (χ3n) is 4.46. The van der Waals surface area contributed by atoms with Crippen LogP contribution in [0, 0.1) is 0 Å². The number of hydrogen-bond acceptors (Lipinski definition) is 3. The van der Waals surface area contributed by atoms with Crippen molar-refractivity contribution in [3.8, 4) is 0 Å². The zero-order chi connectivity index (χ0) is 13.1. The number of hydrogen-bond donors (Lipinski definition) is 2. The molecule has 0 bridgehead atoms. The predicted octanol–water partition coefficient (Wildman–Crippen LogP) is 2.70. The Labute approximate surface area is 115 Å². The van der Waals surface area contributed by atoms with E-state index in [0.717, 1.165) is 39.1 Å². The molecule has 1 fully saturated rings. The highest BCUT2D eigenvalue weighted by atomic mass is 16.5. The minimum atomic E-state index is 0.232. The second-order valence-electron chi connectivity index (χ2n) is 6.01. The maximum Gasteiger partial charge on any atom is 0.0483 e. The molecule has 2 heterocycles. The Bertz CT molecular complexity index is 438. The second kappa shape index (κ2) is 5.51. The fourth-order valence-electron chi connectivity index (χ4n) is 3.04. The highest BCUT2D eigenvalue weighted by Crippen LogP contribution is 2.27. The van der Waals surface area contributed by atoms with Crippen molar-refractivity contribution < 1.29 is 4.74 Å². The van der Waals surface area contributed by atoms with E-state index in [-0.39, 0.29) is 5.54 Å². The summed E-state index contributed by atoms with van der Waals surface area (Å²) >= 11 is 0. The molecule has 0 aromatic heterocycles. The first-order valence-corrected chi connectivity index (χ1v) is 7.44. The molecule has 3 nitrogen and oxygen atoms in total. The zero-order valence-corrected chi connectivity index (χ0v) is 11.8. The van der Waals surface area contributed by atoms with Gasteiger partial charge in [-0.1, -0.05) is 18.2 Å². The quantitative estimate of drug-likeness (QED) is 0.876. The first-order valence-electron chi connectivity index (χ1n) is 7.44. The summed E-state index contributed by atoms with van der Waals surface area (Å²) in [6, 6.07) is 6.68. The Balaban J connectivity index is 1.69. The van der Waals surface area contributed by atoms with Crippen molar-refractivity contribution in [2.75, 3.05) is 25.1 Å². The molecule has 0 unspecified atom stereocenters. The minimum absolute atomic E-state index is 0.232. The van der Waals surface area contributed by atoms with Crippen molar-refractivity contribution in [1.82, 2.24) is 5.32 Å². The van der Waals surface area contributed by atoms with Crippen molar-refractivity contribution in [3.63, 3.8) is 0 Å². The smallest absolute Gasteiger partial charge is 0.0483 e. The van der Waals surface area contributed by atoms with Crippen LogP contribution in [0.1, 0.15) is 37.3 Å². The number of nitrogens with one attached hydrogen (secondary N) is 2. The van der Waals surface area contributed by atoms with Crippen molar-refractivity contribution in [2.45, 2.75) is 44.7 Å². The molecule has 0 saturated carbocycles. The van der Waals surface area contributed by atoms with Crippen molar-refractivity contribution in [2.24, 2.45) is 0 Å². The Hall–Kier alpha value is -1.06. The number of ether oxygens (including phenoxy) is 1. The number of rotatable bonds is 3. The Morgan fingerprint density at radius 3 is 3.00 bits per heavy atom. The van der Waals surface area contributed by atoms with Gasteiger partial charge >= 0.3 is 0 Å². The molecule has 2 aliphatic rings. The van der Waals surface area contributed by atoms with E-state index in [9.17, 15) is 0 Å². The molecular weight excluding hydrogens is 236 g/mol. The summed E-state index contributed by atoms with van der Waals surface area (Å²) in [5.74, 6) is 0. The average Bonchev–Trinajstić information content (AvgIpc) is 2.46. The number of para-hydroxylation sites is 1. The zero-order valence-electron chi connectivity index (χ0n) is 11.8. The summed E-state index contributed by atoms with van der Waals surface area (Å²) in [6.45, 7) is 6.14. The van der Waals surface area contributed by atoms with Crippen LogP contribution in [0.2, 0.25) is 0 Å². The molecule has 104 valence electrons. The monoisotopic (exact) mass is 260 g/mol. The molecule has 0 radical (unpaired) electrons. The van der Waals surface area contributed by atoms with Gasteiger partial charge in [-0.25, -0.2) is 0 Å². The van der Waals surface area contributed by atoms with E-state index in [2.05, 4.69) is 35.8 Å². The first-order chi connectivity index (χ1) is 9.27. The molecule has 1 aromatic carbocycles. The van der Waals surface area contributed by atoms with Gasteiger partial charge in [-0.15, -0.1) is 0 Å². The fourth-order valence-corrected chi connectivity index (χ4v) is 3.04. The summed E-state index contributed by atoms with van der Waals surface area (Å²) in [4.78, 5) is 0. The van der Waals surface area contributed by atoms with Gasteiger partial charge in [0.2, 0.25) is 0 Å². The van der Waals surface area contributed by atoms with Crippen LogP contribution in [-0.2, 0) is 17.7 Å². The maximum absolute atomic E-state index is 5.46. The molecule has 2 N–H and O–H groups in total. The van der Waals surface area contributed by atoms with E-state index < -0.39 is 0 Å². The largest absolute Gasteiger partial charge is 0.385 e. The van der Waals surface area contributed by atoms with E-state index in [4.69, 9.17) is 4.74 Å². The van der Waals surface area contributed by atoms with Crippen LogP contribution in [0.4, 0.5) is 5.69 Å². The van der Waals surface area contributed by atoms with Gasteiger partial charge in [0.1, 0.15) is 0 Å². The summed E-state index contributed by atoms with van der Waals surface area (Å²) in [6.07, 6.45) is 4.67. The summed E-state index contributed by atoms with van der Waals surface area (Å²) < 4.78 is 5.46. The Kier molecular flexibility index (Phi) is 3.76. The van der Waals surface area contributed by atoms with Crippen LogP contribution in [0.25, 0.3) is 0 Å². The van der Waals surface area contributed by atoms with Crippen LogP contribution in [0.3, 0.4) is 0 Å². The lowest BCUT2D eigenvalue weighted by Gasteiger charge is -2.35. The van der Waals surface area contributed by atoms with E-state index in [1.165, 1.54) is 29.7 Å². The van der Waals surface area contributed by atoms with Gasteiger partial charge < -0.3 is 15.4 Å². The summed E-state index contributed by atoms with van der Waals surface area (Å²) in [7, 11) is 0. The van der Waals surface area contributed by atoms with Gasteiger partial charge in [0, 0.05) is 37.5 Å². The van der Waals surface area contributed by atoms with Crippen LogP contribution in [0.15, 0.2) is 18.2 Å². The summed E-state index contributed by atoms with van der Waals surface area (Å²) in [5, 5.41) is 7.31. The molecular formula is C16H24N2O. The van der Waals surface area contributed by atoms with Crippen LogP contribution >= 0.6 is 0 Å². The van der Waals surface area contributed by atoms with Gasteiger partial charge in [0.15, 0.2) is 0 Å².